The van der Waals surface area contributed by atoms with Crippen LogP contribution >= 0.6 is 11.6 Å². The van der Waals surface area contributed by atoms with Gasteiger partial charge in [0.1, 0.15) is 0 Å². The molecule has 0 bridgehead atoms. The maximum Gasteiger partial charge on any atom is 0.275 e. The van der Waals surface area contributed by atoms with Gasteiger partial charge in [-0.15, -0.1) is 0 Å². The molecule has 1 rings (SSSR count). The summed E-state index contributed by atoms with van der Waals surface area (Å²) in [6.07, 6.45) is 0. The predicted molar refractivity (Wildman–Crippen MR) is 54.1 cm³/mol. The van der Waals surface area contributed by atoms with Crippen molar-refractivity contribution in [1.29, 1.82) is 0 Å². The molecule has 0 spiro atoms. The van der Waals surface area contributed by atoms with Crippen molar-refractivity contribution in [1.82, 2.24) is 0 Å². The number of benzene rings is 1. The molecule has 0 saturated heterocycles. The fraction of sp³-hybridized carbons (Fsp3) is 0.250. The van der Waals surface area contributed by atoms with Crippen molar-refractivity contribution in [3.63, 3.8) is 0 Å². The van der Waals surface area contributed by atoms with Gasteiger partial charge in [0, 0.05) is 29.2 Å². The van der Waals surface area contributed by atoms with Crippen molar-refractivity contribution in [2.75, 3.05) is 6.54 Å². The molecule has 0 amide bonds. The van der Waals surface area contributed by atoms with E-state index in [1.807, 2.05) is 0 Å². The van der Waals surface area contributed by atoms with Gasteiger partial charge in [-0.05, 0) is 12.1 Å². The molecule has 76 valence electrons. The molecular weight excluding hydrogens is 206 g/mol. The van der Waals surface area contributed by atoms with E-state index in [-0.39, 0.29) is 12.2 Å². The lowest BCUT2D eigenvalue weighted by Crippen LogP contribution is -2.21. The van der Waals surface area contributed by atoms with Crippen LogP contribution in [0.4, 0.5) is 5.69 Å². The first-order valence-corrected chi connectivity index (χ1v) is 4.33. The monoisotopic (exact) mass is 215 g/mol. The SMILES string of the molecule is NC[C@H](N)c1ccc(Cl)cc1[N+](=O)[O-]. The second-order valence-electron chi connectivity index (χ2n) is 2.80. The van der Waals surface area contributed by atoms with E-state index in [1.54, 1.807) is 6.07 Å². The summed E-state index contributed by atoms with van der Waals surface area (Å²) in [5.74, 6) is 0. The second kappa shape index (κ2) is 4.36. The zero-order chi connectivity index (χ0) is 10.7. The van der Waals surface area contributed by atoms with Crippen LogP contribution in [-0.4, -0.2) is 11.5 Å². The molecule has 6 heteroatoms. The summed E-state index contributed by atoms with van der Waals surface area (Å²) in [4.78, 5) is 10.1. The van der Waals surface area contributed by atoms with Gasteiger partial charge in [0.2, 0.25) is 0 Å². The zero-order valence-electron chi connectivity index (χ0n) is 7.31. The number of nitro benzene ring substituents is 1. The van der Waals surface area contributed by atoms with Crippen molar-refractivity contribution in [3.05, 3.63) is 38.9 Å². The molecule has 0 saturated carbocycles. The summed E-state index contributed by atoms with van der Waals surface area (Å²) in [6.45, 7) is 0.155. The molecule has 0 radical (unpaired) electrons. The summed E-state index contributed by atoms with van der Waals surface area (Å²) in [5.41, 5.74) is 11.3. The molecule has 0 aliphatic rings. The first-order valence-electron chi connectivity index (χ1n) is 3.95. The molecule has 0 aliphatic carbocycles. The van der Waals surface area contributed by atoms with Gasteiger partial charge in [0.05, 0.1) is 4.92 Å². The summed E-state index contributed by atoms with van der Waals surface area (Å²) < 4.78 is 0. The van der Waals surface area contributed by atoms with E-state index in [9.17, 15) is 10.1 Å². The Balaban J connectivity index is 3.21. The summed E-state index contributed by atoms with van der Waals surface area (Å²) in [6, 6.07) is 3.82. The van der Waals surface area contributed by atoms with Gasteiger partial charge in [-0.2, -0.15) is 0 Å². The zero-order valence-corrected chi connectivity index (χ0v) is 8.07. The average Bonchev–Trinajstić information content (AvgIpc) is 2.16. The number of nitro groups is 1. The Bertz CT molecular complexity index is 356. The van der Waals surface area contributed by atoms with E-state index >= 15 is 0 Å². The number of hydrogen-bond acceptors (Lipinski definition) is 4. The fourth-order valence-electron chi connectivity index (χ4n) is 1.12. The fourth-order valence-corrected chi connectivity index (χ4v) is 1.28. The van der Waals surface area contributed by atoms with E-state index in [2.05, 4.69) is 0 Å². The van der Waals surface area contributed by atoms with Crippen molar-refractivity contribution in [2.24, 2.45) is 11.5 Å². The van der Waals surface area contributed by atoms with Gasteiger partial charge in [0.15, 0.2) is 0 Å². The molecule has 5 nitrogen and oxygen atoms in total. The Hall–Kier alpha value is -1.17. The predicted octanol–water partition coefficient (Wildman–Crippen LogP) is 1.21. The molecule has 1 aromatic rings. The Morgan fingerprint density at radius 2 is 2.21 bits per heavy atom. The van der Waals surface area contributed by atoms with Crippen LogP contribution < -0.4 is 11.5 Å². The van der Waals surface area contributed by atoms with E-state index < -0.39 is 11.0 Å². The van der Waals surface area contributed by atoms with Crippen LogP contribution in [0.15, 0.2) is 18.2 Å². The van der Waals surface area contributed by atoms with Gasteiger partial charge in [-0.25, -0.2) is 0 Å². The number of hydrogen-bond donors (Lipinski definition) is 2. The number of nitrogens with zero attached hydrogens (tertiary/aromatic N) is 1. The first-order chi connectivity index (χ1) is 6.56. The number of nitrogens with two attached hydrogens (primary N) is 2. The highest BCUT2D eigenvalue weighted by Gasteiger charge is 2.18. The smallest absolute Gasteiger partial charge is 0.275 e. The van der Waals surface area contributed by atoms with E-state index in [1.165, 1.54) is 12.1 Å². The second-order valence-corrected chi connectivity index (χ2v) is 3.24. The first kappa shape index (κ1) is 10.9. The van der Waals surface area contributed by atoms with Gasteiger partial charge in [-0.1, -0.05) is 11.6 Å². The normalized spacial score (nSPS) is 12.5. The lowest BCUT2D eigenvalue weighted by atomic mass is 10.1. The minimum absolute atomic E-state index is 0.0875. The largest absolute Gasteiger partial charge is 0.329 e. The third kappa shape index (κ3) is 2.20. The molecule has 0 aliphatic heterocycles. The average molecular weight is 216 g/mol. The Labute approximate surface area is 85.8 Å². The lowest BCUT2D eigenvalue weighted by molar-refractivity contribution is -0.385. The molecule has 0 heterocycles. The van der Waals surface area contributed by atoms with Crippen LogP contribution in [0, 0.1) is 10.1 Å². The molecular formula is C8H10ClN3O2. The quantitative estimate of drug-likeness (QED) is 0.585. The molecule has 0 fully saturated rings. The van der Waals surface area contributed by atoms with Gasteiger partial charge < -0.3 is 11.5 Å². The maximum atomic E-state index is 10.6. The van der Waals surface area contributed by atoms with Crippen LogP contribution in [0.5, 0.6) is 0 Å². The van der Waals surface area contributed by atoms with Crippen LogP contribution in [0.25, 0.3) is 0 Å². The Morgan fingerprint density at radius 3 is 2.71 bits per heavy atom. The van der Waals surface area contributed by atoms with E-state index in [0.29, 0.717) is 10.6 Å². The Morgan fingerprint density at radius 1 is 1.57 bits per heavy atom. The minimum Gasteiger partial charge on any atom is -0.329 e. The Kier molecular flexibility index (Phi) is 3.40. The van der Waals surface area contributed by atoms with Crippen molar-refractivity contribution < 1.29 is 4.92 Å². The summed E-state index contributed by atoms with van der Waals surface area (Å²) in [7, 11) is 0. The molecule has 0 unspecified atom stereocenters. The molecule has 14 heavy (non-hydrogen) atoms. The van der Waals surface area contributed by atoms with Gasteiger partial charge in [-0.3, -0.25) is 10.1 Å². The summed E-state index contributed by atoms with van der Waals surface area (Å²) >= 11 is 5.63. The number of halogens is 1. The molecule has 1 atom stereocenters. The van der Waals surface area contributed by atoms with Crippen molar-refractivity contribution in [2.45, 2.75) is 6.04 Å². The molecule has 0 aromatic heterocycles. The van der Waals surface area contributed by atoms with E-state index in [4.69, 9.17) is 23.1 Å². The minimum atomic E-state index is -0.535. The van der Waals surface area contributed by atoms with Gasteiger partial charge >= 0.3 is 0 Å². The number of rotatable bonds is 3. The van der Waals surface area contributed by atoms with Crippen molar-refractivity contribution >= 4 is 17.3 Å². The van der Waals surface area contributed by atoms with Crippen LogP contribution in [0.2, 0.25) is 5.02 Å². The highest BCUT2D eigenvalue weighted by Crippen LogP contribution is 2.26. The van der Waals surface area contributed by atoms with Crippen LogP contribution in [-0.2, 0) is 0 Å². The lowest BCUT2D eigenvalue weighted by Gasteiger charge is -2.09. The molecule has 4 N–H and O–H groups in total. The van der Waals surface area contributed by atoms with Gasteiger partial charge in [0.25, 0.3) is 5.69 Å². The van der Waals surface area contributed by atoms with Crippen LogP contribution in [0.3, 0.4) is 0 Å². The third-order valence-corrected chi connectivity index (χ3v) is 2.08. The van der Waals surface area contributed by atoms with E-state index in [0.717, 1.165) is 0 Å². The third-order valence-electron chi connectivity index (χ3n) is 1.84. The highest BCUT2D eigenvalue weighted by atomic mass is 35.5. The maximum absolute atomic E-state index is 10.6. The highest BCUT2D eigenvalue weighted by molar-refractivity contribution is 6.30. The van der Waals surface area contributed by atoms with Crippen LogP contribution in [0.1, 0.15) is 11.6 Å². The molecule has 1 aromatic carbocycles. The van der Waals surface area contributed by atoms with Crippen molar-refractivity contribution in [3.8, 4) is 0 Å². The standard InChI is InChI=1S/C8H10ClN3O2/c9-5-1-2-6(7(11)4-10)8(3-5)12(13)14/h1-3,7H,4,10-11H2/t7-/m0/s1. The summed E-state index contributed by atoms with van der Waals surface area (Å²) in [5, 5.41) is 11.0. The topological polar surface area (TPSA) is 95.2 Å².